The van der Waals surface area contributed by atoms with E-state index in [1.54, 1.807) is 6.92 Å². The number of rotatable bonds is 5. The molecule has 0 aliphatic heterocycles. The van der Waals surface area contributed by atoms with Gasteiger partial charge in [-0.15, -0.1) is 0 Å². The summed E-state index contributed by atoms with van der Waals surface area (Å²) in [6.45, 7) is 4.18. The molecule has 2 aromatic rings. The molecule has 1 aromatic carbocycles. The lowest BCUT2D eigenvalue weighted by atomic mass is 10.1. The first kappa shape index (κ1) is 14.6. The monoisotopic (exact) mass is 292 g/mol. The van der Waals surface area contributed by atoms with Crippen LogP contribution in [0, 0.1) is 13.8 Å². The number of nitrogens with one attached hydrogen (secondary N) is 1. The zero-order valence-electron chi connectivity index (χ0n) is 11.6. The van der Waals surface area contributed by atoms with Crippen LogP contribution < -0.4 is 5.32 Å². The average molecular weight is 293 g/mol. The molecule has 0 bridgehead atoms. The van der Waals surface area contributed by atoms with Crippen molar-refractivity contribution in [2.75, 3.05) is 6.54 Å². The summed E-state index contributed by atoms with van der Waals surface area (Å²) in [6.07, 6.45) is 0.975. The summed E-state index contributed by atoms with van der Waals surface area (Å²) < 4.78 is 5.38. The Hall–Kier alpha value is -1.81. The first-order chi connectivity index (χ1) is 9.54. The van der Waals surface area contributed by atoms with Crippen molar-refractivity contribution >= 4 is 17.5 Å². The minimum Gasteiger partial charge on any atom is -0.445 e. The molecule has 0 saturated carbocycles. The van der Waals surface area contributed by atoms with Crippen LogP contribution in [-0.4, -0.2) is 17.4 Å². The number of benzene rings is 1. The molecule has 2 rings (SSSR count). The van der Waals surface area contributed by atoms with Crippen molar-refractivity contribution in [2.45, 2.75) is 26.7 Å². The van der Waals surface area contributed by atoms with Gasteiger partial charge in [0.25, 0.3) is 0 Å². The van der Waals surface area contributed by atoms with Gasteiger partial charge in [-0.2, -0.15) is 0 Å². The second-order valence-corrected chi connectivity index (χ2v) is 5.08. The Morgan fingerprint density at radius 2 is 2.20 bits per heavy atom. The number of amides is 1. The van der Waals surface area contributed by atoms with Gasteiger partial charge in [-0.25, -0.2) is 4.98 Å². The van der Waals surface area contributed by atoms with Crippen molar-refractivity contribution in [2.24, 2.45) is 0 Å². The highest BCUT2D eigenvalue weighted by Gasteiger charge is 2.11. The number of aromatic nitrogens is 1. The van der Waals surface area contributed by atoms with Crippen LogP contribution in [0.3, 0.4) is 0 Å². The third kappa shape index (κ3) is 4.10. The lowest BCUT2D eigenvalue weighted by Gasteiger charge is -2.05. The third-order valence-electron chi connectivity index (χ3n) is 2.95. The lowest BCUT2D eigenvalue weighted by molar-refractivity contribution is -0.120. The van der Waals surface area contributed by atoms with Gasteiger partial charge in [-0.1, -0.05) is 23.7 Å². The van der Waals surface area contributed by atoms with E-state index in [0.717, 1.165) is 17.7 Å². The van der Waals surface area contributed by atoms with E-state index in [1.165, 1.54) is 0 Å². The maximum absolute atomic E-state index is 11.8. The summed E-state index contributed by atoms with van der Waals surface area (Å²) in [7, 11) is 0. The molecule has 1 amide bonds. The highest BCUT2D eigenvalue weighted by atomic mass is 35.5. The predicted octanol–water partition coefficient (Wildman–Crippen LogP) is 2.85. The topological polar surface area (TPSA) is 55.1 Å². The van der Waals surface area contributed by atoms with Gasteiger partial charge in [0.05, 0.1) is 12.1 Å². The number of hydrogen-bond acceptors (Lipinski definition) is 3. The van der Waals surface area contributed by atoms with E-state index in [1.807, 2.05) is 31.2 Å². The minimum absolute atomic E-state index is 0.0636. The van der Waals surface area contributed by atoms with Crippen LogP contribution in [0.1, 0.15) is 22.9 Å². The van der Waals surface area contributed by atoms with E-state index in [-0.39, 0.29) is 12.3 Å². The normalized spacial score (nSPS) is 10.6. The Kier molecular flexibility index (Phi) is 4.79. The smallest absolute Gasteiger partial charge is 0.227 e. The van der Waals surface area contributed by atoms with Crippen molar-refractivity contribution in [3.05, 3.63) is 52.2 Å². The molecule has 4 nitrogen and oxygen atoms in total. The number of halogens is 1. The van der Waals surface area contributed by atoms with Gasteiger partial charge in [0.2, 0.25) is 5.91 Å². The highest BCUT2D eigenvalue weighted by molar-refractivity contribution is 6.30. The van der Waals surface area contributed by atoms with E-state index < -0.39 is 0 Å². The maximum atomic E-state index is 11.8. The van der Waals surface area contributed by atoms with E-state index in [2.05, 4.69) is 10.3 Å². The predicted molar refractivity (Wildman–Crippen MR) is 77.8 cm³/mol. The fourth-order valence-electron chi connectivity index (χ4n) is 1.98. The highest BCUT2D eigenvalue weighted by Crippen LogP contribution is 2.11. The number of nitrogens with zero attached hydrogens (tertiary/aromatic N) is 1. The summed E-state index contributed by atoms with van der Waals surface area (Å²) in [5, 5.41) is 3.58. The van der Waals surface area contributed by atoms with Crippen LogP contribution in [0.15, 0.2) is 28.7 Å². The third-order valence-corrected chi connectivity index (χ3v) is 3.18. The molecule has 0 saturated heterocycles. The van der Waals surface area contributed by atoms with Gasteiger partial charge in [-0.05, 0) is 31.0 Å². The Morgan fingerprint density at radius 3 is 2.85 bits per heavy atom. The number of carbonyl (C=O) groups is 1. The van der Waals surface area contributed by atoms with E-state index in [4.69, 9.17) is 16.0 Å². The number of aryl methyl sites for hydroxylation is 2. The van der Waals surface area contributed by atoms with Gasteiger partial charge in [0.15, 0.2) is 5.89 Å². The van der Waals surface area contributed by atoms with Crippen molar-refractivity contribution in [3.63, 3.8) is 0 Å². The molecule has 5 heteroatoms. The summed E-state index contributed by atoms with van der Waals surface area (Å²) in [4.78, 5) is 15.9. The minimum atomic E-state index is -0.0636. The molecule has 0 radical (unpaired) electrons. The van der Waals surface area contributed by atoms with Crippen LogP contribution in [0.2, 0.25) is 5.02 Å². The quantitative estimate of drug-likeness (QED) is 0.922. The van der Waals surface area contributed by atoms with Gasteiger partial charge >= 0.3 is 0 Å². The van der Waals surface area contributed by atoms with Crippen LogP contribution in [0.25, 0.3) is 0 Å². The first-order valence-corrected chi connectivity index (χ1v) is 6.86. The number of hydrogen-bond donors (Lipinski definition) is 1. The molecule has 106 valence electrons. The first-order valence-electron chi connectivity index (χ1n) is 6.48. The second kappa shape index (κ2) is 6.57. The van der Waals surface area contributed by atoms with Crippen LogP contribution >= 0.6 is 11.6 Å². The SMILES string of the molecule is Cc1nc(C)c(CC(=O)NCCc2cccc(Cl)c2)o1. The fraction of sp³-hybridized carbons (Fsp3) is 0.333. The molecule has 0 atom stereocenters. The lowest BCUT2D eigenvalue weighted by Crippen LogP contribution is -2.27. The molecule has 0 aliphatic rings. The molecular weight excluding hydrogens is 276 g/mol. The summed E-state index contributed by atoms with van der Waals surface area (Å²) in [5.41, 5.74) is 1.87. The largest absolute Gasteiger partial charge is 0.445 e. The summed E-state index contributed by atoms with van der Waals surface area (Å²) in [5.74, 6) is 1.15. The van der Waals surface area contributed by atoms with Crippen molar-refractivity contribution < 1.29 is 9.21 Å². The van der Waals surface area contributed by atoms with Crippen molar-refractivity contribution in [1.82, 2.24) is 10.3 Å². The summed E-state index contributed by atoms with van der Waals surface area (Å²) >= 11 is 5.91. The van der Waals surface area contributed by atoms with E-state index in [0.29, 0.717) is 23.2 Å². The van der Waals surface area contributed by atoms with Crippen LogP contribution in [0.4, 0.5) is 0 Å². The molecule has 20 heavy (non-hydrogen) atoms. The van der Waals surface area contributed by atoms with Crippen molar-refractivity contribution in [1.29, 1.82) is 0 Å². The van der Waals surface area contributed by atoms with Gasteiger partial charge < -0.3 is 9.73 Å². The molecule has 0 aliphatic carbocycles. The Balaban J connectivity index is 1.79. The maximum Gasteiger partial charge on any atom is 0.227 e. The van der Waals surface area contributed by atoms with Crippen LogP contribution in [0.5, 0.6) is 0 Å². The molecule has 1 aromatic heterocycles. The van der Waals surface area contributed by atoms with Crippen LogP contribution in [-0.2, 0) is 17.6 Å². The summed E-state index contributed by atoms with van der Waals surface area (Å²) in [6, 6.07) is 7.62. The van der Waals surface area contributed by atoms with Gasteiger partial charge in [-0.3, -0.25) is 4.79 Å². The zero-order valence-corrected chi connectivity index (χ0v) is 12.3. The molecule has 0 fully saturated rings. The number of carbonyl (C=O) groups excluding carboxylic acids is 1. The van der Waals surface area contributed by atoms with Crippen molar-refractivity contribution in [3.8, 4) is 0 Å². The Bertz CT molecular complexity index is 608. The standard InChI is InChI=1S/C15H17ClN2O2/c1-10-14(20-11(2)18-10)9-15(19)17-7-6-12-4-3-5-13(16)8-12/h3-5,8H,6-7,9H2,1-2H3,(H,17,19). The Labute approximate surface area is 123 Å². The molecule has 0 unspecified atom stereocenters. The second-order valence-electron chi connectivity index (χ2n) is 4.65. The average Bonchev–Trinajstić information content (AvgIpc) is 2.68. The molecule has 1 heterocycles. The van der Waals surface area contributed by atoms with E-state index in [9.17, 15) is 4.79 Å². The fourth-order valence-corrected chi connectivity index (χ4v) is 2.20. The molecule has 0 spiro atoms. The van der Waals surface area contributed by atoms with E-state index >= 15 is 0 Å². The Morgan fingerprint density at radius 1 is 1.40 bits per heavy atom. The zero-order chi connectivity index (χ0) is 14.5. The molecule has 1 N–H and O–H groups in total. The number of oxazole rings is 1. The van der Waals surface area contributed by atoms with Gasteiger partial charge in [0, 0.05) is 18.5 Å². The van der Waals surface area contributed by atoms with Gasteiger partial charge in [0.1, 0.15) is 5.76 Å². The molecular formula is C15H17ClN2O2.